The highest BCUT2D eigenvalue weighted by Crippen LogP contribution is 2.14. The predicted octanol–water partition coefficient (Wildman–Crippen LogP) is 4.14. The SMILES string of the molecule is C=CC(=O)c1ccc(OCC(=O)OCCCCCOC(=O)COc2ccc(C(=O)C=C)cc2)cc1. The van der Waals surface area contributed by atoms with Gasteiger partial charge in [-0.3, -0.25) is 9.59 Å². The minimum absolute atomic E-state index is 0.191. The van der Waals surface area contributed by atoms with Gasteiger partial charge in [-0.15, -0.1) is 0 Å². The number of benzene rings is 2. The largest absolute Gasteiger partial charge is 0.482 e. The molecule has 0 fully saturated rings. The molecule has 0 aliphatic carbocycles. The number of esters is 2. The van der Waals surface area contributed by atoms with E-state index in [4.69, 9.17) is 18.9 Å². The lowest BCUT2D eigenvalue weighted by Crippen LogP contribution is -2.16. The van der Waals surface area contributed by atoms with Crippen molar-refractivity contribution in [1.29, 1.82) is 0 Å². The molecule has 0 saturated carbocycles. The van der Waals surface area contributed by atoms with E-state index in [1.54, 1.807) is 48.5 Å². The molecule has 0 unspecified atom stereocenters. The molecule has 35 heavy (non-hydrogen) atoms. The molecule has 0 aromatic heterocycles. The van der Waals surface area contributed by atoms with Gasteiger partial charge in [-0.25, -0.2) is 9.59 Å². The van der Waals surface area contributed by atoms with Crippen LogP contribution in [-0.2, 0) is 19.1 Å². The van der Waals surface area contributed by atoms with Crippen LogP contribution >= 0.6 is 0 Å². The van der Waals surface area contributed by atoms with E-state index >= 15 is 0 Å². The highest BCUT2D eigenvalue weighted by molar-refractivity contribution is 6.04. The Hall–Kier alpha value is -4.20. The van der Waals surface area contributed by atoms with Gasteiger partial charge in [-0.05, 0) is 79.9 Å². The van der Waals surface area contributed by atoms with E-state index in [1.165, 1.54) is 12.2 Å². The Morgan fingerprint density at radius 2 is 0.971 bits per heavy atom. The average Bonchev–Trinajstić information content (AvgIpc) is 2.89. The van der Waals surface area contributed by atoms with Gasteiger partial charge in [0.2, 0.25) is 0 Å². The summed E-state index contributed by atoms with van der Waals surface area (Å²) in [5.41, 5.74) is 0.974. The lowest BCUT2D eigenvalue weighted by atomic mass is 10.1. The van der Waals surface area contributed by atoms with E-state index in [1.807, 2.05) is 0 Å². The summed E-state index contributed by atoms with van der Waals surface area (Å²) in [7, 11) is 0. The first-order valence-corrected chi connectivity index (χ1v) is 11.0. The summed E-state index contributed by atoms with van der Waals surface area (Å²) < 4.78 is 20.9. The summed E-state index contributed by atoms with van der Waals surface area (Å²) in [6.45, 7) is 6.84. The number of hydrogen-bond donors (Lipinski definition) is 0. The Labute approximate surface area is 204 Å². The third-order valence-electron chi connectivity index (χ3n) is 4.68. The molecule has 0 amide bonds. The van der Waals surface area contributed by atoms with Crippen molar-refractivity contribution in [3.05, 3.63) is 85.0 Å². The van der Waals surface area contributed by atoms with Crippen LogP contribution in [0.15, 0.2) is 73.8 Å². The van der Waals surface area contributed by atoms with Gasteiger partial charge in [0.1, 0.15) is 11.5 Å². The number of carbonyl (C=O) groups excluding carboxylic acids is 4. The third kappa shape index (κ3) is 10.1. The van der Waals surface area contributed by atoms with Gasteiger partial charge in [-0.2, -0.15) is 0 Å². The van der Waals surface area contributed by atoms with Crippen molar-refractivity contribution in [1.82, 2.24) is 0 Å². The molecule has 2 aromatic carbocycles. The molecule has 0 atom stereocenters. The fourth-order valence-corrected chi connectivity index (χ4v) is 2.79. The molecule has 0 aliphatic heterocycles. The van der Waals surface area contributed by atoms with Crippen LogP contribution in [0.3, 0.4) is 0 Å². The maximum atomic E-state index is 11.8. The standard InChI is InChI=1S/C27H28O8/c1-3-24(28)20-8-12-22(13-9-20)34-18-26(30)32-16-6-5-7-17-33-27(31)19-35-23-14-10-21(11-15-23)25(29)4-2/h3-4,8-15H,1-2,5-7,16-19H2. The van der Waals surface area contributed by atoms with Gasteiger partial charge >= 0.3 is 11.9 Å². The summed E-state index contributed by atoms with van der Waals surface area (Å²) >= 11 is 0. The Morgan fingerprint density at radius 3 is 1.31 bits per heavy atom. The smallest absolute Gasteiger partial charge is 0.344 e. The van der Waals surface area contributed by atoms with Crippen LogP contribution in [-0.4, -0.2) is 49.9 Å². The number of carbonyl (C=O) groups is 4. The van der Waals surface area contributed by atoms with Crippen LogP contribution in [0, 0.1) is 0 Å². The first-order chi connectivity index (χ1) is 16.9. The van der Waals surface area contributed by atoms with Crippen LogP contribution < -0.4 is 9.47 Å². The Balaban J connectivity index is 1.49. The summed E-state index contributed by atoms with van der Waals surface area (Å²) in [4.78, 5) is 46.5. The van der Waals surface area contributed by atoms with Crippen molar-refractivity contribution >= 4 is 23.5 Å². The van der Waals surface area contributed by atoms with Crippen LogP contribution in [0.2, 0.25) is 0 Å². The summed E-state index contributed by atoms with van der Waals surface area (Å²) in [6, 6.07) is 12.8. The normalized spacial score (nSPS) is 10.1. The molecule has 0 saturated heterocycles. The lowest BCUT2D eigenvalue weighted by Gasteiger charge is -2.08. The van der Waals surface area contributed by atoms with Crippen LogP contribution in [0.5, 0.6) is 11.5 Å². The molecule has 0 aliphatic rings. The van der Waals surface area contributed by atoms with Gasteiger partial charge in [0.25, 0.3) is 0 Å². The number of rotatable bonds is 16. The maximum absolute atomic E-state index is 11.8. The number of unbranched alkanes of at least 4 members (excludes halogenated alkanes) is 2. The zero-order chi connectivity index (χ0) is 25.5. The number of hydrogen-bond acceptors (Lipinski definition) is 8. The minimum Gasteiger partial charge on any atom is -0.482 e. The van der Waals surface area contributed by atoms with Gasteiger partial charge < -0.3 is 18.9 Å². The first kappa shape index (κ1) is 27.0. The maximum Gasteiger partial charge on any atom is 0.344 e. The zero-order valence-electron chi connectivity index (χ0n) is 19.4. The molecule has 0 N–H and O–H groups in total. The summed E-state index contributed by atoms with van der Waals surface area (Å²) in [6.07, 6.45) is 4.40. The van der Waals surface area contributed by atoms with Crippen molar-refractivity contribution in [2.24, 2.45) is 0 Å². The molecule has 8 heteroatoms. The van der Waals surface area contributed by atoms with Crippen molar-refractivity contribution in [2.45, 2.75) is 19.3 Å². The van der Waals surface area contributed by atoms with Crippen molar-refractivity contribution in [2.75, 3.05) is 26.4 Å². The molecule has 2 aromatic rings. The first-order valence-electron chi connectivity index (χ1n) is 11.0. The monoisotopic (exact) mass is 480 g/mol. The Morgan fingerprint density at radius 1 is 0.600 bits per heavy atom. The fraction of sp³-hybridized carbons (Fsp3) is 0.259. The summed E-state index contributed by atoms with van der Waals surface area (Å²) in [5, 5.41) is 0. The molecule has 0 radical (unpaired) electrons. The number of ether oxygens (including phenoxy) is 4. The van der Waals surface area contributed by atoms with Gasteiger partial charge in [-0.1, -0.05) is 13.2 Å². The minimum atomic E-state index is -0.498. The quantitative estimate of drug-likeness (QED) is 0.153. The van der Waals surface area contributed by atoms with Crippen LogP contribution in [0.4, 0.5) is 0 Å². The predicted molar refractivity (Wildman–Crippen MR) is 129 cm³/mol. The molecule has 2 rings (SSSR count). The van der Waals surface area contributed by atoms with E-state index in [-0.39, 0.29) is 38.0 Å². The highest BCUT2D eigenvalue weighted by Gasteiger charge is 2.07. The molecule has 0 heterocycles. The van der Waals surface area contributed by atoms with Crippen LogP contribution in [0.25, 0.3) is 0 Å². The van der Waals surface area contributed by atoms with Gasteiger partial charge in [0.05, 0.1) is 13.2 Å². The van der Waals surface area contributed by atoms with E-state index in [0.29, 0.717) is 41.9 Å². The molecule has 184 valence electrons. The van der Waals surface area contributed by atoms with E-state index in [2.05, 4.69) is 13.2 Å². The second kappa shape index (κ2) is 14.8. The van der Waals surface area contributed by atoms with E-state index < -0.39 is 11.9 Å². The van der Waals surface area contributed by atoms with Crippen LogP contribution in [0.1, 0.15) is 40.0 Å². The lowest BCUT2D eigenvalue weighted by molar-refractivity contribution is -0.146. The number of ketones is 2. The molecular formula is C27H28O8. The molecule has 8 nitrogen and oxygen atoms in total. The third-order valence-corrected chi connectivity index (χ3v) is 4.68. The highest BCUT2D eigenvalue weighted by atomic mass is 16.6. The topological polar surface area (TPSA) is 105 Å². The van der Waals surface area contributed by atoms with Crippen molar-refractivity contribution in [3.8, 4) is 11.5 Å². The molecular weight excluding hydrogens is 452 g/mol. The zero-order valence-corrected chi connectivity index (χ0v) is 19.4. The second-order valence-electron chi connectivity index (χ2n) is 7.26. The fourth-order valence-electron chi connectivity index (χ4n) is 2.79. The molecule has 0 bridgehead atoms. The van der Waals surface area contributed by atoms with E-state index in [0.717, 1.165) is 0 Å². The summed E-state index contributed by atoms with van der Waals surface area (Å²) in [5.74, 6) is -0.474. The van der Waals surface area contributed by atoms with Gasteiger partial charge in [0, 0.05) is 11.1 Å². The number of allylic oxidation sites excluding steroid dienone is 2. The second-order valence-corrected chi connectivity index (χ2v) is 7.26. The van der Waals surface area contributed by atoms with Crippen molar-refractivity contribution in [3.63, 3.8) is 0 Å². The van der Waals surface area contributed by atoms with Crippen molar-refractivity contribution < 1.29 is 38.1 Å². The average molecular weight is 481 g/mol. The Bertz CT molecular complexity index is 939. The van der Waals surface area contributed by atoms with E-state index in [9.17, 15) is 19.2 Å². The molecule has 0 spiro atoms. The van der Waals surface area contributed by atoms with Gasteiger partial charge in [0.15, 0.2) is 24.8 Å². The Kier molecular flexibility index (Phi) is 11.5.